The van der Waals surface area contributed by atoms with Gasteiger partial charge < -0.3 is 4.74 Å². The molecule has 1 fully saturated rings. The lowest BCUT2D eigenvalue weighted by Gasteiger charge is -2.26. The first-order valence-corrected chi connectivity index (χ1v) is 7.81. The van der Waals surface area contributed by atoms with Crippen LogP contribution >= 0.6 is 11.6 Å². The van der Waals surface area contributed by atoms with Gasteiger partial charge in [-0.2, -0.15) is 0 Å². The zero-order chi connectivity index (χ0) is 15.9. The molecule has 1 aromatic rings. The van der Waals surface area contributed by atoms with Crippen molar-refractivity contribution in [3.8, 4) is 0 Å². The van der Waals surface area contributed by atoms with Gasteiger partial charge in [-0.05, 0) is 49.8 Å². The molecule has 0 aliphatic heterocycles. The number of amidine groups is 1. The second kappa shape index (κ2) is 8.15. The summed E-state index contributed by atoms with van der Waals surface area (Å²) in [6, 6.07) is 7.17. The van der Waals surface area contributed by atoms with Gasteiger partial charge in [0, 0.05) is 11.4 Å². The normalized spacial score (nSPS) is 22.2. The number of halogens is 1. The maximum absolute atomic E-state index is 11.5. The lowest BCUT2D eigenvalue weighted by molar-refractivity contribution is -0.146. The number of aliphatic imine (C=N–C) groups is 1. The van der Waals surface area contributed by atoms with E-state index in [-0.39, 0.29) is 11.9 Å². The number of hydrogen-bond acceptors (Lipinski definition) is 4. The Labute approximate surface area is 135 Å². The Morgan fingerprint density at radius 2 is 2.14 bits per heavy atom. The average molecular weight is 325 g/mol. The van der Waals surface area contributed by atoms with Crippen LogP contribution in [0.5, 0.6) is 0 Å². The fourth-order valence-corrected chi connectivity index (χ4v) is 3.04. The Bertz CT molecular complexity index is 540. The van der Waals surface area contributed by atoms with E-state index in [4.69, 9.17) is 16.3 Å². The van der Waals surface area contributed by atoms with Crippen LogP contribution in [0.2, 0.25) is 5.02 Å². The number of hydrogen-bond donors (Lipinski definition) is 2. The smallest absolute Gasteiger partial charge is 0.308 e. The highest BCUT2D eigenvalue weighted by Gasteiger charge is 2.27. The maximum Gasteiger partial charge on any atom is 0.308 e. The van der Waals surface area contributed by atoms with Crippen molar-refractivity contribution in [1.29, 1.82) is 0 Å². The summed E-state index contributed by atoms with van der Waals surface area (Å²) in [5, 5.41) is 9.89. The van der Waals surface area contributed by atoms with Gasteiger partial charge in [-0.15, -0.1) is 0 Å². The molecule has 1 saturated carbocycles. The molecule has 2 rings (SSSR count). The number of carbonyl (C=O) groups is 1. The highest BCUT2D eigenvalue weighted by atomic mass is 35.5. The molecule has 0 unspecified atom stereocenters. The van der Waals surface area contributed by atoms with Gasteiger partial charge in [0.2, 0.25) is 0 Å². The Balaban J connectivity index is 1.93. The molecule has 1 aromatic carbocycles. The number of carbonyl (C=O) groups excluding carboxylic acids is 1. The molecule has 0 atom stereocenters. The molecule has 0 spiro atoms. The van der Waals surface area contributed by atoms with Crippen molar-refractivity contribution >= 4 is 29.1 Å². The molecule has 120 valence electrons. The predicted octanol–water partition coefficient (Wildman–Crippen LogP) is 3.72. The largest absolute Gasteiger partial charge is 0.469 e. The van der Waals surface area contributed by atoms with E-state index >= 15 is 0 Å². The summed E-state index contributed by atoms with van der Waals surface area (Å²) < 4.78 is 4.79. The van der Waals surface area contributed by atoms with Crippen LogP contribution in [0.15, 0.2) is 29.3 Å². The lowest BCUT2D eigenvalue weighted by atomic mass is 9.80. The van der Waals surface area contributed by atoms with E-state index in [1.165, 1.54) is 7.11 Å². The molecular weight excluding hydrogens is 304 g/mol. The number of methoxy groups -OCH3 is 1. The lowest BCUT2D eigenvalue weighted by Crippen LogP contribution is -2.27. The zero-order valence-electron chi connectivity index (χ0n) is 12.6. The number of hydroxylamine groups is 1. The van der Waals surface area contributed by atoms with E-state index in [0.717, 1.165) is 25.7 Å². The molecule has 0 radical (unpaired) electrons. The van der Waals surface area contributed by atoms with Crippen LogP contribution in [0, 0.1) is 11.8 Å². The number of nitrogens with one attached hydrogen (secondary N) is 1. The van der Waals surface area contributed by atoms with Crippen LogP contribution in [0.4, 0.5) is 5.69 Å². The van der Waals surface area contributed by atoms with E-state index in [9.17, 15) is 10.0 Å². The number of benzene rings is 1. The number of rotatable bonds is 4. The first kappa shape index (κ1) is 16.8. The highest BCUT2D eigenvalue weighted by Crippen LogP contribution is 2.32. The molecule has 1 aliphatic carbocycles. The minimum Gasteiger partial charge on any atom is -0.469 e. The fourth-order valence-electron chi connectivity index (χ4n) is 2.86. The molecule has 5 nitrogen and oxygen atoms in total. The van der Waals surface area contributed by atoms with Crippen LogP contribution in [-0.2, 0) is 9.53 Å². The van der Waals surface area contributed by atoms with Crippen molar-refractivity contribution in [3.05, 3.63) is 29.3 Å². The highest BCUT2D eigenvalue weighted by molar-refractivity contribution is 6.30. The second-order valence-electron chi connectivity index (χ2n) is 5.60. The quantitative estimate of drug-likeness (QED) is 0.383. The fraction of sp³-hybridized carbons (Fsp3) is 0.500. The van der Waals surface area contributed by atoms with Crippen molar-refractivity contribution in [2.24, 2.45) is 16.8 Å². The van der Waals surface area contributed by atoms with Gasteiger partial charge >= 0.3 is 5.97 Å². The van der Waals surface area contributed by atoms with Gasteiger partial charge in [-0.3, -0.25) is 15.5 Å². The number of nitrogens with zero attached hydrogens (tertiary/aromatic N) is 1. The Kier molecular flexibility index (Phi) is 6.21. The summed E-state index contributed by atoms with van der Waals surface area (Å²) >= 11 is 5.93. The van der Waals surface area contributed by atoms with Crippen molar-refractivity contribution in [2.45, 2.75) is 32.1 Å². The van der Waals surface area contributed by atoms with Gasteiger partial charge in [0.15, 0.2) is 0 Å². The molecule has 2 N–H and O–H groups in total. The first-order valence-electron chi connectivity index (χ1n) is 7.43. The Hall–Kier alpha value is -1.59. The van der Waals surface area contributed by atoms with E-state index in [1.807, 2.05) is 12.1 Å². The molecule has 1 aliphatic rings. The zero-order valence-corrected chi connectivity index (χ0v) is 13.3. The molecule has 0 bridgehead atoms. The molecule has 22 heavy (non-hydrogen) atoms. The molecule has 0 saturated heterocycles. The van der Waals surface area contributed by atoms with Gasteiger partial charge in [-0.25, -0.2) is 4.99 Å². The number of esters is 1. The predicted molar refractivity (Wildman–Crippen MR) is 85.6 cm³/mol. The van der Waals surface area contributed by atoms with Crippen molar-refractivity contribution in [2.75, 3.05) is 7.11 Å². The molecule has 0 heterocycles. The third-order valence-corrected chi connectivity index (χ3v) is 4.30. The minimum atomic E-state index is -0.119. The Morgan fingerprint density at radius 1 is 1.41 bits per heavy atom. The first-order chi connectivity index (χ1) is 10.6. The van der Waals surface area contributed by atoms with Crippen LogP contribution in [-0.4, -0.2) is 24.1 Å². The molecule has 6 heteroatoms. The van der Waals surface area contributed by atoms with Gasteiger partial charge in [0.1, 0.15) is 5.84 Å². The summed E-state index contributed by atoms with van der Waals surface area (Å²) in [5.41, 5.74) is 2.88. The third kappa shape index (κ3) is 4.71. The van der Waals surface area contributed by atoms with Crippen molar-refractivity contribution in [3.63, 3.8) is 0 Å². The summed E-state index contributed by atoms with van der Waals surface area (Å²) in [7, 11) is 1.43. The van der Waals surface area contributed by atoms with E-state index in [1.54, 1.807) is 12.1 Å². The van der Waals surface area contributed by atoms with Crippen LogP contribution in [0.3, 0.4) is 0 Å². The van der Waals surface area contributed by atoms with E-state index in [2.05, 4.69) is 10.5 Å². The second-order valence-corrected chi connectivity index (χ2v) is 6.03. The van der Waals surface area contributed by atoms with Crippen molar-refractivity contribution < 1.29 is 14.7 Å². The topological polar surface area (TPSA) is 70.9 Å². The van der Waals surface area contributed by atoms with Crippen LogP contribution in [0.25, 0.3) is 0 Å². The molecule has 0 amide bonds. The van der Waals surface area contributed by atoms with E-state index < -0.39 is 0 Å². The van der Waals surface area contributed by atoms with E-state index in [0.29, 0.717) is 28.9 Å². The van der Waals surface area contributed by atoms with Gasteiger partial charge in [-0.1, -0.05) is 17.7 Å². The molecule has 0 aromatic heterocycles. The number of ether oxygens (including phenoxy) is 1. The standard InChI is InChI=1S/C16H21ClN2O3/c1-22-16(20)12-7-5-11(6-8-12)9-15(19-21)18-14-4-2-3-13(17)10-14/h2-4,10-12,21H,5-9H2,1H3,(H,18,19). The Morgan fingerprint density at radius 3 is 2.73 bits per heavy atom. The summed E-state index contributed by atoms with van der Waals surface area (Å²) in [6.07, 6.45) is 4.16. The minimum absolute atomic E-state index is 0.0108. The van der Waals surface area contributed by atoms with Crippen LogP contribution < -0.4 is 5.48 Å². The summed E-state index contributed by atoms with van der Waals surface area (Å²) in [5.74, 6) is 0.811. The van der Waals surface area contributed by atoms with Crippen LogP contribution in [0.1, 0.15) is 32.1 Å². The van der Waals surface area contributed by atoms with Gasteiger partial charge in [0.05, 0.1) is 18.7 Å². The third-order valence-electron chi connectivity index (χ3n) is 4.06. The summed E-state index contributed by atoms with van der Waals surface area (Å²) in [6.45, 7) is 0. The summed E-state index contributed by atoms with van der Waals surface area (Å²) in [4.78, 5) is 15.9. The van der Waals surface area contributed by atoms with Gasteiger partial charge in [0.25, 0.3) is 0 Å². The SMILES string of the molecule is COC(=O)C1CCC(CC(=Nc2cccc(Cl)c2)NO)CC1. The average Bonchev–Trinajstić information content (AvgIpc) is 2.54. The monoisotopic (exact) mass is 324 g/mol. The molecular formula is C16H21ClN2O3. The van der Waals surface area contributed by atoms with Crippen molar-refractivity contribution in [1.82, 2.24) is 5.48 Å². The maximum atomic E-state index is 11.5.